The van der Waals surface area contributed by atoms with E-state index in [4.69, 9.17) is 10.2 Å². The number of fused-ring (bicyclic) bond motifs is 1. The number of para-hydroxylation sites is 1. The van der Waals surface area contributed by atoms with Crippen LogP contribution in [0, 0.1) is 0 Å². The van der Waals surface area contributed by atoms with Crippen molar-refractivity contribution in [1.82, 2.24) is 10.3 Å². The van der Waals surface area contributed by atoms with Crippen molar-refractivity contribution in [2.24, 2.45) is 0 Å². The number of carbonyl (C=O) groups excluding carboxylic acids is 1. The number of nitrogens with zero attached hydrogens (tertiary/aromatic N) is 1. The third-order valence-electron chi connectivity index (χ3n) is 2.65. The summed E-state index contributed by atoms with van der Waals surface area (Å²) in [7, 11) is 0. The number of nitrogens with one attached hydrogen (secondary N) is 1. The van der Waals surface area contributed by atoms with Crippen LogP contribution in [0.3, 0.4) is 0 Å². The minimum atomic E-state index is -1.15. The van der Waals surface area contributed by atoms with Gasteiger partial charge in [0, 0.05) is 13.0 Å². The number of rotatable bonds is 7. The molecule has 8 heteroatoms. The number of hydrogen-bond acceptors (Lipinski definition) is 6. The highest BCUT2D eigenvalue weighted by Crippen LogP contribution is 2.28. The first-order valence-corrected chi connectivity index (χ1v) is 8.01. The first-order chi connectivity index (χ1) is 10.1. The molecule has 1 aromatic carbocycles. The van der Waals surface area contributed by atoms with Crippen LogP contribution in [0.25, 0.3) is 10.2 Å². The van der Waals surface area contributed by atoms with Crippen LogP contribution in [0.5, 0.6) is 0 Å². The fourth-order valence-corrected chi connectivity index (χ4v) is 3.54. The number of amides is 1. The first-order valence-electron chi connectivity index (χ1n) is 6.21. The zero-order valence-electron chi connectivity index (χ0n) is 11.0. The minimum Gasteiger partial charge on any atom is -0.480 e. The molecule has 0 aliphatic carbocycles. The molecule has 1 unspecified atom stereocenters. The van der Waals surface area contributed by atoms with E-state index in [2.05, 4.69) is 10.3 Å². The maximum Gasteiger partial charge on any atom is 0.326 e. The molecule has 0 bridgehead atoms. The molecule has 0 saturated heterocycles. The number of aromatic nitrogens is 1. The van der Waals surface area contributed by atoms with Crippen LogP contribution in [0.4, 0.5) is 0 Å². The number of thioether (sulfide) groups is 1. The Balaban J connectivity index is 1.89. The van der Waals surface area contributed by atoms with Gasteiger partial charge in [-0.05, 0) is 12.1 Å². The Morgan fingerprint density at radius 3 is 2.81 bits per heavy atom. The summed E-state index contributed by atoms with van der Waals surface area (Å²) in [6.45, 7) is -0.289. The molecule has 6 nitrogen and oxygen atoms in total. The van der Waals surface area contributed by atoms with E-state index in [0.717, 1.165) is 14.6 Å². The quantitative estimate of drug-likeness (QED) is 0.664. The Bertz CT molecular complexity index is 611. The normalized spacial score (nSPS) is 12.2. The van der Waals surface area contributed by atoms with Crippen LogP contribution < -0.4 is 5.32 Å². The highest BCUT2D eigenvalue weighted by atomic mass is 32.2. The van der Waals surface area contributed by atoms with Gasteiger partial charge < -0.3 is 15.5 Å². The van der Waals surface area contributed by atoms with Crippen LogP contribution in [0.15, 0.2) is 28.6 Å². The van der Waals surface area contributed by atoms with Gasteiger partial charge in [-0.25, -0.2) is 9.78 Å². The topological polar surface area (TPSA) is 99.5 Å². The molecule has 1 heterocycles. The Labute approximate surface area is 129 Å². The number of carboxylic acids is 1. The van der Waals surface area contributed by atoms with Gasteiger partial charge in [-0.1, -0.05) is 23.9 Å². The molecule has 3 N–H and O–H groups in total. The molecule has 0 aliphatic rings. The average Bonchev–Trinajstić information content (AvgIpc) is 2.87. The molecule has 112 valence electrons. The number of aliphatic hydroxyl groups is 1. The summed E-state index contributed by atoms with van der Waals surface area (Å²) in [4.78, 5) is 27.0. The molecule has 0 radical (unpaired) electrons. The lowest BCUT2D eigenvalue weighted by atomic mass is 10.2. The van der Waals surface area contributed by atoms with E-state index in [1.165, 1.54) is 23.1 Å². The van der Waals surface area contributed by atoms with Gasteiger partial charge in [-0.2, -0.15) is 0 Å². The summed E-state index contributed by atoms with van der Waals surface area (Å²) in [5, 5.41) is 20.0. The van der Waals surface area contributed by atoms with Gasteiger partial charge in [0.25, 0.3) is 0 Å². The third-order valence-corrected chi connectivity index (χ3v) is 4.83. The van der Waals surface area contributed by atoms with Gasteiger partial charge >= 0.3 is 5.97 Å². The number of carboxylic acid groups (broad SMARTS) is 1. The highest BCUT2D eigenvalue weighted by Gasteiger charge is 2.19. The molecular weight excluding hydrogens is 312 g/mol. The first kappa shape index (κ1) is 15.7. The second-order valence-electron chi connectivity index (χ2n) is 4.21. The molecular formula is C13H14N2O4S2. The van der Waals surface area contributed by atoms with Crippen molar-refractivity contribution in [1.29, 1.82) is 0 Å². The lowest BCUT2D eigenvalue weighted by Gasteiger charge is -2.12. The average molecular weight is 326 g/mol. The van der Waals surface area contributed by atoms with Gasteiger partial charge in [0.05, 0.1) is 16.0 Å². The SMILES string of the molecule is O=C(CSc1nc2ccccc2s1)NC(CCO)C(=O)O. The molecule has 1 amide bonds. The van der Waals surface area contributed by atoms with Gasteiger partial charge in [-0.15, -0.1) is 11.3 Å². The van der Waals surface area contributed by atoms with Crippen molar-refractivity contribution in [2.75, 3.05) is 12.4 Å². The fraction of sp³-hybridized carbons (Fsp3) is 0.308. The summed E-state index contributed by atoms with van der Waals surface area (Å²) in [5.74, 6) is -1.45. The molecule has 0 spiro atoms. The van der Waals surface area contributed by atoms with Gasteiger partial charge in [0.15, 0.2) is 4.34 Å². The van der Waals surface area contributed by atoms with Gasteiger partial charge in [-0.3, -0.25) is 4.79 Å². The predicted molar refractivity (Wildman–Crippen MR) is 81.6 cm³/mol. The number of thiazole rings is 1. The largest absolute Gasteiger partial charge is 0.480 e. The number of benzene rings is 1. The van der Waals surface area contributed by atoms with E-state index in [0.29, 0.717) is 0 Å². The molecule has 21 heavy (non-hydrogen) atoms. The van der Waals surface area contributed by atoms with Gasteiger partial charge in [0.2, 0.25) is 5.91 Å². The smallest absolute Gasteiger partial charge is 0.326 e. The Kier molecular flexibility index (Phi) is 5.54. The molecule has 0 saturated carbocycles. The minimum absolute atomic E-state index is 0.00707. The summed E-state index contributed by atoms with van der Waals surface area (Å²) in [5.41, 5.74) is 0.883. The zero-order valence-corrected chi connectivity index (χ0v) is 12.6. The monoisotopic (exact) mass is 326 g/mol. The standard InChI is InChI=1S/C13H14N2O4S2/c16-6-5-9(12(18)19)14-11(17)7-20-13-15-8-3-1-2-4-10(8)21-13/h1-4,9,16H,5-7H2,(H,14,17)(H,18,19). The second-order valence-corrected chi connectivity index (χ2v) is 6.46. The summed E-state index contributed by atoms with van der Waals surface area (Å²) in [6, 6.07) is 6.62. The second kappa shape index (κ2) is 7.39. The Morgan fingerprint density at radius 1 is 1.38 bits per heavy atom. The van der Waals surface area contributed by atoms with Crippen LogP contribution in [0.2, 0.25) is 0 Å². The number of carbonyl (C=O) groups is 2. The van der Waals surface area contributed by atoms with Crippen molar-refractivity contribution >= 4 is 45.2 Å². The molecule has 0 aliphatic heterocycles. The van der Waals surface area contributed by atoms with Crippen LogP contribution >= 0.6 is 23.1 Å². The van der Waals surface area contributed by atoms with E-state index < -0.39 is 12.0 Å². The van der Waals surface area contributed by atoms with Crippen molar-refractivity contribution < 1.29 is 19.8 Å². The van der Waals surface area contributed by atoms with E-state index in [9.17, 15) is 9.59 Å². The van der Waals surface area contributed by atoms with Crippen LogP contribution in [0.1, 0.15) is 6.42 Å². The van der Waals surface area contributed by atoms with Crippen LogP contribution in [-0.2, 0) is 9.59 Å². The van der Waals surface area contributed by atoms with Crippen molar-refractivity contribution in [2.45, 2.75) is 16.8 Å². The highest BCUT2D eigenvalue weighted by molar-refractivity contribution is 8.01. The van der Waals surface area contributed by atoms with Crippen molar-refractivity contribution in [3.05, 3.63) is 24.3 Å². The Morgan fingerprint density at radius 2 is 2.14 bits per heavy atom. The molecule has 1 atom stereocenters. The lowest BCUT2D eigenvalue weighted by Crippen LogP contribution is -2.42. The summed E-state index contributed by atoms with van der Waals surface area (Å²) >= 11 is 2.76. The van der Waals surface area contributed by atoms with Crippen molar-refractivity contribution in [3.63, 3.8) is 0 Å². The van der Waals surface area contributed by atoms with E-state index in [1.807, 2.05) is 24.3 Å². The van der Waals surface area contributed by atoms with Gasteiger partial charge in [0.1, 0.15) is 6.04 Å². The molecule has 2 aromatic rings. The number of hydrogen-bond donors (Lipinski definition) is 3. The Hall–Kier alpha value is -1.64. The molecule has 2 rings (SSSR count). The third kappa shape index (κ3) is 4.42. The number of aliphatic carboxylic acids is 1. The number of aliphatic hydroxyl groups excluding tert-OH is 1. The van der Waals surface area contributed by atoms with E-state index in [1.54, 1.807) is 0 Å². The van der Waals surface area contributed by atoms with Crippen molar-refractivity contribution in [3.8, 4) is 0 Å². The molecule has 0 fully saturated rings. The fourth-order valence-electron chi connectivity index (χ4n) is 1.66. The zero-order chi connectivity index (χ0) is 15.2. The van der Waals surface area contributed by atoms with E-state index in [-0.39, 0.29) is 24.7 Å². The van der Waals surface area contributed by atoms with E-state index >= 15 is 0 Å². The predicted octanol–water partition coefficient (Wildman–Crippen LogP) is 1.34. The summed E-state index contributed by atoms with van der Waals surface area (Å²) in [6.07, 6.45) is -0.00707. The molecule has 1 aromatic heterocycles. The maximum absolute atomic E-state index is 11.7. The van der Waals surface area contributed by atoms with Crippen LogP contribution in [-0.4, -0.2) is 45.5 Å². The maximum atomic E-state index is 11.7. The summed E-state index contributed by atoms with van der Waals surface area (Å²) < 4.78 is 1.81. The lowest BCUT2D eigenvalue weighted by molar-refractivity contribution is -0.141.